The van der Waals surface area contributed by atoms with Gasteiger partial charge >= 0.3 is 33.0 Å². The Balaban J connectivity index is 0.000000155. The Labute approximate surface area is 352 Å². The van der Waals surface area contributed by atoms with Crippen LogP contribution in [0, 0.1) is 0 Å². The van der Waals surface area contributed by atoms with Gasteiger partial charge < -0.3 is 21.3 Å². The van der Waals surface area contributed by atoms with Gasteiger partial charge in [-0.15, -0.1) is 45.5 Å². The molecule has 12 heteroatoms. The van der Waals surface area contributed by atoms with Crippen molar-refractivity contribution in [2.24, 2.45) is 0 Å². The molecule has 0 aromatic heterocycles. The van der Waals surface area contributed by atoms with Crippen molar-refractivity contribution in [1.29, 1.82) is 0 Å². The molecule has 0 spiro atoms. The standard InChI is InChI=1S/2C24H16N2.Cu.F6P/c2*1-3-7-17(8-4-1)21-15-13-19-11-12-20-14-16-22(18-9-5-2-6-10-18)26-24(20)23(19)25-21;;1-7(2,3,4,5)6/h2*1-16H;;/q2*-2;;-1. The molecule has 0 N–H and O–H groups in total. The van der Waals surface area contributed by atoms with E-state index in [1.54, 1.807) is 0 Å². The molecule has 0 saturated carbocycles. The number of hydrogen-bond acceptors (Lipinski definition) is 0. The molecule has 0 aliphatic carbocycles. The summed E-state index contributed by atoms with van der Waals surface area (Å²) in [5.41, 5.74) is 12.1. The van der Waals surface area contributed by atoms with Gasteiger partial charge in [0.25, 0.3) is 0 Å². The Morgan fingerprint density at radius 1 is 0.267 bits per heavy atom. The van der Waals surface area contributed by atoms with E-state index in [2.05, 4.69) is 121 Å². The van der Waals surface area contributed by atoms with E-state index in [0.717, 1.165) is 88.7 Å². The molecule has 0 amide bonds. The second kappa shape index (κ2) is 16.3. The topological polar surface area (TPSA) is 56.4 Å². The first-order valence-corrected chi connectivity index (χ1v) is 20.4. The molecule has 6 aromatic rings. The van der Waals surface area contributed by atoms with Crippen LogP contribution in [0.5, 0.6) is 0 Å². The third-order valence-electron chi connectivity index (χ3n) is 9.32. The smallest absolute Gasteiger partial charge is 0 e. The van der Waals surface area contributed by atoms with E-state index < -0.39 is 7.81 Å². The fraction of sp³-hybridized carbons (Fsp3) is 0. The van der Waals surface area contributed by atoms with Gasteiger partial charge in [-0.2, -0.15) is 0 Å². The summed E-state index contributed by atoms with van der Waals surface area (Å²) in [6.45, 7) is 0. The van der Waals surface area contributed by atoms with Crippen LogP contribution < -0.4 is 20.9 Å². The largest absolute Gasteiger partial charge is 0 e. The van der Waals surface area contributed by atoms with Crippen LogP contribution in [-0.4, -0.2) is 0 Å². The zero-order chi connectivity index (χ0) is 41.1. The molecule has 0 unspecified atom stereocenters. The van der Waals surface area contributed by atoms with Gasteiger partial charge in [0.2, 0.25) is 0 Å². The van der Waals surface area contributed by atoms with Gasteiger partial charge in [0, 0.05) is 17.1 Å². The Bertz CT molecular complexity index is 2570. The predicted molar refractivity (Wildman–Crippen MR) is 233 cm³/mol. The minimum atomic E-state index is -10.7. The second-order valence-electron chi connectivity index (χ2n) is 13.6. The van der Waals surface area contributed by atoms with Gasteiger partial charge in [-0.3, -0.25) is 0 Å². The van der Waals surface area contributed by atoms with Crippen molar-refractivity contribution in [3.05, 3.63) is 234 Å². The molecule has 1 radical (unpaired) electrons. The van der Waals surface area contributed by atoms with E-state index in [9.17, 15) is 25.2 Å². The van der Waals surface area contributed by atoms with Crippen molar-refractivity contribution in [2.45, 2.75) is 0 Å². The molecule has 4 heterocycles. The fourth-order valence-corrected chi connectivity index (χ4v) is 6.61. The maximum atomic E-state index is 9.87. The summed E-state index contributed by atoms with van der Waals surface area (Å²) < 4.78 is 59.2. The second-order valence-corrected chi connectivity index (χ2v) is 15.5. The maximum absolute atomic E-state index is 10.7. The summed E-state index contributed by atoms with van der Waals surface area (Å²) in [6, 6.07) is 49.5. The molecule has 0 saturated heterocycles. The van der Waals surface area contributed by atoms with Crippen molar-refractivity contribution < 1.29 is 42.3 Å². The molecule has 4 nitrogen and oxygen atoms in total. The summed E-state index contributed by atoms with van der Waals surface area (Å²) in [5.74, 6) is 0. The maximum Gasteiger partial charge on any atom is 0 e. The fourth-order valence-electron chi connectivity index (χ4n) is 6.61. The summed E-state index contributed by atoms with van der Waals surface area (Å²) >= 11 is 0. The van der Waals surface area contributed by atoms with Gasteiger partial charge in [-0.1, -0.05) is 194 Å². The number of allylic oxidation sites excluding steroid dienone is 4. The minimum Gasteiger partial charge on any atom is 0 e. The van der Waals surface area contributed by atoms with E-state index in [1.165, 1.54) is 0 Å². The third-order valence-corrected chi connectivity index (χ3v) is 9.32. The molecule has 0 fully saturated rings. The Morgan fingerprint density at radius 2 is 0.450 bits per heavy atom. The Hall–Kier alpha value is -6.51. The number of benzene rings is 6. The van der Waals surface area contributed by atoms with Crippen molar-refractivity contribution >= 4 is 77.7 Å². The van der Waals surface area contributed by atoms with Crippen LogP contribution in [0.2, 0.25) is 0 Å². The molecule has 4 aliphatic heterocycles. The molecule has 10 rings (SSSR count). The van der Waals surface area contributed by atoms with E-state index in [-0.39, 0.29) is 17.1 Å². The minimum absolute atomic E-state index is 0. The summed E-state index contributed by atoms with van der Waals surface area (Å²) in [5, 5.41) is 24.2. The number of rotatable bonds is 4. The summed E-state index contributed by atoms with van der Waals surface area (Å²) in [4.78, 5) is 0. The average Bonchev–Trinajstić information content (AvgIpc) is 3.26. The number of hydrogen-bond donors (Lipinski definition) is 0. The number of fused-ring (bicyclic) bond motifs is 6. The molecule has 307 valence electrons. The first-order chi connectivity index (χ1) is 28.2. The van der Waals surface area contributed by atoms with Gasteiger partial charge in [-0.05, 0) is 43.1 Å². The van der Waals surface area contributed by atoms with E-state index in [4.69, 9.17) is 21.3 Å². The van der Waals surface area contributed by atoms with Crippen LogP contribution >= 0.6 is 7.81 Å². The quantitative estimate of drug-likeness (QED) is 0.0963. The van der Waals surface area contributed by atoms with Crippen LogP contribution in [0.1, 0.15) is 22.3 Å². The molecule has 60 heavy (non-hydrogen) atoms. The Morgan fingerprint density at radius 3 is 0.633 bits per heavy atom. The zero-order valence-electron chi connectivity index (χ0n) is 31.3. The Kier molecular flexibility index (Phi) is 11.3. The van der Waals surface area contributed by atoms with Crippen LogP contribution in [0.4, 0.5) is 47.9 Å². The van der Waals surface area contributed by atoms with Gasteiger partial charge in [0.15, 0.2) is 0 Å². The molecule has 0 bridgehead atoms. The molecule has 4 aliphatic rings. The van der Waals surface area contributed by atoms with Crippen molar-refractivity contribution in [1.82, 2.24) is 0 Å². The monoisotopic (exact) mass is 872 g/mol. The van der Waals surface area contributed by atoms with Crippen LogP contribution in [0.15, 0.2) is 170 Å². The van der Waals surface area contributed by atoms with Crippen molar-refractivity contribution in [3.63, 3.8) is 0 Å². The van der Waals surface area contributed by atoms with Gasteiger partial charge in [0.05, 0.1) is 0 Å². The molecule has 6 aromatic carbocycles. The SMILES string of the molecule is C1=C(c2ccccc2)[N-]c2c3c(ccc2=C1)=CC=C(c1ccccc1)[N-]3.C1=C(c2ccccc2)[N-]c2c3c(ccc2=C1)=CC=C(c1ccccc1)[N-]3.F[P-](F)(F)(F)(F)F.[Cu]. The van der Waals surface area contributed by atoms with E-state index in [0.29, 0.717) is 0 Å². The van der Waals surface area contributed by atoms with Gasteiger partial charge in [-0.25, -0.2) is 0 Å². The third kappa shape index (κ3) is 10.6. The normalized spacial score (nSPS) is 15.1. The van der Waals surface area contributed by atoms with Crippen LogP contribution in [-0.2, 0) is 17.1 Å². The first-order valence-electron chi connectivity index (χ1n) is 18.4. The number of halogens is 6. The summed E-state index contributed by atoms with van der Waals surface area (Å²) in [6.07, 6.45) is 16.8. The molecular formula is C48H32CuF6N4P-5. The number of nitrogens with zero attached hydrogens (tertiary/aromatic N) is 4. The predicted octanol–water partition coefficient (Wildman–Crippen LogP) is 14.1. The zero-order valence-corrected chi connectivity index (χ0v) is 33.1. The first kappa shape index (κ1) is 41.6. The van der Waals surface area contributed by atoms with Crippen molar-refractivity contribution in [2.75, 3.05) is 0 Å². The van der Waals surface area contributed by atoms with Gasteiger partial charge in [0.1, 0.15) is 0 Å². The molecule has 0 atom stereocenters. The van der Waals surface area contributed by atoms with Crippen LogP contribution in [0.25, 0.3) is 68.4 Å². The van der Waals surface area contributed by atoms with Crippen LogP contribution in [0.3, 0.4) is 0 Å². The average molecular weight is 873 g/mol. The molecular weight excluding hydrogens is 841 g/mol. The van der Waals surface area contributed by atoms with E-state index in [1.807, 2.05) is 72.8 Å². The summed E-state index contributed by atoms with van der Waals surface area (Å²) in [7, 11) is -10.7. The van der Waals surface area contributed by atoms with Crippen molar-refractivity contribution in [3.8, 4) is 0 Å². The van der Waals surface area contributed by atoms with E-state index >= 15 is 0 Å².